The van der Waals surface area contributed by atoms with Crippen LogP contribution in [0.1, 0.15) is 40.2 Å². The fourth-order valence-corrected chi connectivity index (χ4v) is 2.04. The van der Waals surface area contributed by atoms with Gasteiger partial charge in [0.05, 0.1) is 0 Å². The van der Waals surface area contributed by atoms with Crippen molar-refractivity contribution >= 4 is 12.2 Å². The number of hydrogen-bond donors (Lipinski definition) is 0. The van der Waals surface area contributed by atoms with E-state index in [2.05, 4.69) is 0 Å². The van der Waals surface area contributed by atoms with Crippen molar-refractivity contribution in [3.63, 3.8) is 0 Å². The summed E-state index contributed by atoms with van der Waals surface area (Å²) in [5, 5.41) is 0. The van der Waals surface area contributed by atoms with Gasteiger partial charge in [0, 0.05) is 26.7 Å². The molecule has 0 aliphatic heterocycles. The summed E-state index contributed by atoms with van der Waals surface area (Å²) in [5.41, 5.74) is 0.456. The quantitative estimate of drug-likeness (QED) is 0.807. The minimum Gasteiger partial charge on any atom is -0.444 e. The van der Waals surface area contributed by atoms with Crippen LogP contribution in [-0.2, 0) is 11.2 Å². The Morgan fingerprint density at radius 3 is 2.36 bits per heavy atom. The summed E-state index contributed by atoms with van der Waals surface area (Å²) in [6, 6.07) is 7.29. The maximum absolute atomic E-state index is 12.1. The van der Waals surface area contributed by atoms with E-state index in [1.54, 1.807) is 25.1 Å². The van der Waals surface area contributed by atoms with Gasteiger partial charge in [0.1, 0.15) is 11.4 Å². The van der Waals surface area contributed by atoms with Gasteiger partial charge in [-0.05, 0) is 58.7 Å². The zero-order valence-corrected chi connectivity index (χ0v) is 16.3. The number of hydrogen-bond acceptors (Lipinski definition) is 4. The highest BCUT2D eigenvalue weighted by Crippen LogP contribution is 2.18. The van der Waals surface area contributed by atoms with Crippen molar-refractivity contribution in [1.82, 2.24) is 9.80 Å². The van der Waals surface area contributed by atoms with E-state index in [0.717, 1.165) is 5.56 Å². The van der Waals surface area contributed by atoms with E-state index in [0.29, 0.717) is 18.7 Å². The predicted octanol–water partition coefficient (Wildman–Crippen LogP) is 3.94. The molecule has 6 heteroatoms. The number of carbonyl (C=O) groups excluding carboxylic acids is 2. The first-order chi connectivity index (χ1) is 11.5. The lowest BCUT2D eigenvalue weighted by Crippen LogP contribution is -2.40. The van der Waals surface area contributed by atoms with Crippen molar-refractivity contribution in [2.24, 2.45) is 0 Å². The van der Waals surface area contributed by atoms with E-state index in [9.17, 15) is 9.59 Å². The van der Waals surface area contributed by atoms with Gasteiger partial charge in [-0.2, -0.15) is 0 Å². The third-order valence-electron chi connectivity index (χ3n) is 3.76. The molecule has 25 heavy (non-hydrogen) atoms. The van der Waals surface area contributed by atoms with Crippen LogP contribution in [0.4, 0.5) is 9.59 Å². The Morgan fingerprint density at radius 1 is 1.16 bits per heavy atom. The van der Waals surface area contributed by atoms with Gasteiger partial charge in [0.15, 0.2) is 0 Å². The molecule has 1 aromatic rings. The highest BCUT2D eigenvalue weighted by molar-refractivity contribution is 5.70. The Hall–Kier alpha value is -2.24. The van der Waals surface area contributed by atoms with E-state index in [4.69, 9.17) is 9.47 Å². The molecule has 0 bridgehead atoms. The molecule has 6 nitrogen and oxygen atoms in total. The molecule has 0 saturated carbocycles. The number of carbonyl (C=O) groups is 2. The molecule has 0 aliphatic carbocycles. The zero-order chi connectivity index (χ0) is 19.2. The molecule has 0 fully saturated rings. The van der Waals surface area contributed by atoms with Crippen LogP contribution in [0.15, 0.2) is 24.3 Å². The lowest BCUT2D eigenvalue weighted by Gasteiger charge is -2.28. The lowest BCUT2D eigenvalue weighted by molar-refractivity contribution is 0.0236. The van der Waals surface area contributed by atoms with Gasteiger partial charge in [-0.25, -0.2) is 9.59 Å². The van der Waals surface area contributed by atoms with Crippen molar-refractivity contribution in [1.29, 1.82) is 0 Å². The summed E-state index contributed by atoms with van der Waals surface area (Å²) in [7, 11) is 3.41. The molecule has 0 aromatic heterocycles. The molecule has 1 aromatic carbocycles. The second kappa shape index (κ2) is 8.74. The van der Waals surface area contributed by atoms with Crippen LogP contribution in [-0.4, -0.2) is 54.3 Å². The van der Waals surface area contributed by atoms with Gasteiger partial charge in [0.25, 0.3) is 0 Å². The first-order valence-electron chi connectivity index (χ1n) is 8.51. The molecule has 0 aliphatic rings. The van der Waals surface area contributed by atoms with E-state index in [-0.39, 0.29) is 12.1 Å². The number of amides is 2. The van der Waals surface area contributed by atoms with Crippen LogP contribution in [0.3, 0.4) is 0 Å². The molecule has 0 radical (unpaired) electrons. The van der Waals surface area contributed by atoms with Crippen molar-refractivity contribution < 1.29 is 19.1 Å². The summed E-state index contributed by atoms with van der Waals surface area (Å²) in [6.07, 6.45) is -0.115. The molecular formula is C19H30N2O4. The second-order valence-electron chi connectivity index (χ2n) is 7.17. The molecule has 2 amide bonds. The average molecular weight is 350 g/mol. The molecule has 1 atom stereocenters. The monoisotopic (exact) mass is 350 g/mol. The molecule has 0 heterocycles. The fourth-order valence-electron chi connectivity index (χ4n) is 2.04. The van der Waals surface area contributed by atoms with Crippen LogP contribution >= 0.6 is 0 Å². The van der Waals surface area contributed by atoms with Crippen molar-refractivity contribution in [2.75, 3.05) is 20.6 Å². The number of benzene rings is 1. The van der Waals surface area contributed by atoms with Crippen molar-refractivity contribution in [3.8, 4) is 5.75 Å². The maximum atomic E-state index is 12.1. The van der Waals surface area contributed by atoms with E-state index >= 15 is 0 Å². The van der Waals surface area contributed by atoms with Crippen LogP contribution in [0.2, 0.25) is 0 Å². The molecule has 0 N–H and O–H groups in total. The Morgan fingerprint density at radius 2 is 1.80 bits per heavy atom. The summed E-state index contributed by atoms with van der Waals surface area (Å²) >= 11 is 0. The van der Waals surface area contributed by atoms with E-state index < -0.39 is 11.7 Å². The molecule has 1 rings (SSSR count). The molecule has 140 valence electrons. The average Bonchev–Trinajstić information content (AvgIpc) is 2.51. The molecule has 0 spiro atoms. The Kier molecular flexibility index (Phi) is 7.27. The largest absolute Gasteiger partial charge is 0.444 e. The van der Waals surface area contributed by atoms with Crippen LogP contribution in [0.25, 0.3) is 0 Å². The molecule has 1 unspecified atom stereocenters. The summed E-state index contributed by atoms with van der Waals surface area (Å²) in [4.78, 5) is 27.1. The van der Waals surface area contributed by atoms with Crippen LogP contribution < -0.4 is 4.74 Å². The Bertz CT molecular complexity index is 595. The topological polar surface area (TPSA) is 59.1 Å². The van der Waals surface area contributed by atoms with Gasteiger partial charge in [-0.15, -0.1) is 0 Å². The van der Waals surface area contributed by atoms with Gasteiger partial charge >= 0.3 is 12.2 Å². The Balaban J connectivity index is 2.71. The summed E-state index contributed by atoms with van der Waals surface area (Å²) in [5.74, 6) is 0.495. The summed E-state index contributed by atoms with van der Waals surface area (Å²) < 4.78 is 10.7. The van der Waals surface area contributed by atoms with Gasteiger partial charge < -0.3 is 19.3 Å². The second-order valence-corrected chi connectivity index (χ2v) is 7.17. The number of ether oxygens (including phenoxy) is 2. The molecular weight excluding hydrogens is 320 g/mol. The van der Waals surface area contributed by atoms with Crippen LogP contribution in [0.5, 0.6) is 5.75 Å². The highest BCUT2D eigenvalue weighted by atomic mass is 16.6. The van der Waals surface area contributed by atoms with Crippen molar-refractivity contribution in [2.45, 2.75) is 52.7 Å². The van der Waals surface area contributed by atoms with E-state index in [1.807, 2.05) is 52.8 Å². The standard InChI is InChI=1S/C19H30N2O4/c1-8-20(6)17(22)24-16-11-9-10-15(13-16)12-14(2)21(7)18(23)25-19(3,4)5/h9-11,13-14H,8,12H2,1-7H3. The van der Waals surface area contributed by atoms with Gasteiger partial charge in [-0.1, -0.05) is 12.1 Å². The third-order valence-corrected chi connectivity index (χ3v) is 3.76. The Labute approximate surface area is 150 Å². The predicted molar refractivity (Wildman–Crippen MR) is 97.9 cm³/mol. The third kappa shape index (κ3) is 7.03. The fraction of sp³-hybridized carbons (Fsp3) is 0.579. The normalized spacial score (nSPS) is 12.3. The maximum Gasteiger partial charge on any atom is 0.414 e. The van der Waals surface area contributed by atoms with Gasteiger partial charge in [-0.3, -0.25) is 0 Å². The van der Waals surface area contributed by atoms with Gasteiger partial charge in [0.2, 0.25) is 0 Å². The lowest BCUT2D eigenvalue weighted by atomic mass is 10.1. The number of nitrogens with zero attached hydrogens (tertiary/aromatic N) is 2. The molecule has 0 saturated heterocycles. The van der Waals surface area contributed by atoms with E-state index in [1.165, 1.54) is 4.90 Å². The first kappa shape index (κ1) is 20.8. The highest BCUT2D eigenvalue weighted by Gasteiger charge is 2.23. The first-order valence-corrected chi connectivity index (χ1v) is 8.51. The SMILES string of the molecule is CCN(C)C(=O)Oc1cccc(CC(C)N(C)C(=O)OC(C)(C)C)c1. The minimum atomic E-state index is -0.523. The zero-order valence-electron chi connectivity index (χ0n) is 16.3. The number of likely N-dealkylation sites (N-methyl/N-ethyl adjacent to an activating group) is 1. The summed E-state index contributed by atoms with van der Waals surface area (Å²) in [6.45, 7) is 9.94. The smallest absolute Gasteiger partial charge is 0.414 e. The minimum absolute atomic E-state index is 0.0564. The van der Waals surface area contributed by atoms with Crippen molar-refractivity contribution in [3.05, 3.63) is 29.8 Å². The van der Waals surface area contributed by atoms with Crippen LogP contribution in [0, 0.1) is 0 Å². The number of rotatable bonds is 5.